The molecule has 0 aliphatic rings. The molecule has 3 nitrogen and oxygen atoms in total. The molecule has 0 atom stereocenters. The topological polar surface area (TPSA) is 27.7 Å². The molecule has 0 aromatic heterocycles. The third-order valence-electron chi connectivity index (χ3n) is 1.15. The molecule has 0 radical (unpaired) electrons. The van der Waals surface area contributed by atoms with Crippen molar-refractivity contribution >= 4 is 46.4 Å². The molecule has 0 aromatic carbocycles. The molecule has 0 spiro atoms. The standard InChI is InChI=1S/C3H11Cl3O3P2/c1-7-11(8-2,9-3)10(4,5)6/h10-11H,1-3H3. The Bertz CT molecular complexity index is 115. The summed E-state index contributed by atoms with van der Waals surface area (Å²) in [4.78, 5) is 0. The van der Waals surface area contributed by atoms with Gasteiger partial charge in [0.1, 0.15) is 0 Å². The molecule has 8 heteroatoms. The maximum atomic E-state index is 5.71. The first kappa shape index (κ1) is 12.6. The fraction of sp³-hybridized carbons (Fsp3) is 1.00. The van der Waals surface area contributed by atoms with Crippen LogP contribution in [-0.4, -0.2) is 21.3 Å². The first-order chi connectivity index (χ1) is 4.93. The Labute approximate surface area is 81.4 Å². The summed E-state index contributed by atoms with van der Waals surface area (Å²) >= 11 is 17.1. The van der Waals surface area contributed by atoms with Gasteiger partial charge in [0, 0.05) is 0 Å². The molecule has 0 amide bonds. The Kier molecular flexibility index (Phi) is 5.43. The van der Waals surface area contributed by atoms with Crippen molar-refractivity contribution in [3.8, 4) is 0 Å². The zero-order chi connectivity index (χ0) is 9.12. The van der Waals surface area contributed by atoms with Gasteiger partial charge in [-0.05, 0) is 0 Å². The number of hydrogen-bond donors (Lipinski definition) is 0. The maximum absolute atomic E-state index is 5.71. The van der Waals surface area contributed by atoms with Gasteiger partial charge >= 0.3 is 81.3 Å². The van der Waals surface area contributed by atoms with Crippen LogP contribution in [0.4, 0.5) is 0 Å². The second kappa shape index (κ2) is 4.74. The van der Waals surface area contributed by atoms with Crippen molar-refractivity contribution in [1.82, 2.24) is 0 Å². The molecule has 0 N–H and O–H groups in total. The summed E-state index contributed by atoms with van der Waals surface area (Å²) in [5.41, 5.74) is 0. The summed E-state index contributed by atoms with van der Waals surface area (Å²) in [6.45, 7) is 0. The molecular weight excluding hydrogens is 252 g/mol. The van der Waals surface area contributed by atoms with Crippen LogP contribution in [0, 0.1) is 0 Å². The fourth-order valence-corrected chi connectivity index (χ4v) is 10.1. The van der Waals surface area contributed by atoms with E-state index in [2.05, 4.69) is 0 Å². The summed E-state index contributed by atoms with van der Waals surface area (Å²) in [7, 11) is 1.25. The Hall–Kier alpha value is 1.61. The Balaban J connectivity index is 4.54. The number of halogens is 3. The van der Waals surface area contributed by atoms with Gasteiger partial charge in [0.2, 0.25) is 0 Å². The summed E-state index contributed by atoms with van der Waals surface area (Å²) in [5, 5.41) is -3.05. The Morgan fingerprint density at radius 2 is 1.09 bits per heavy atom. The molecule has 0 aliphatic carbocycles. The molecule has 0 fully saturated rings. The van der Waals surface area contributed by atoms with Crippen LogP contribution >= 0.6 is 46.4 Å². The van der Waals surface area contributed by atoms with Crippen LogP contribution in [0.3, 0.4) is 0 Å². The minimum absolute atomic E-state index is 1.41. The average Bonchev–Trinajstić information content (AvgIpc) is 1.90. The van der Waals surface area contributed by atoms with Crippen LogP contribution in [0.15, 0.2) is 0 Å². The van der Waals surface area contributed by atoms with Gasteiger partial charge in [-0.3, -0.25) is 0 Å². The van der Waals surface area contributed by atoms with Gasteiger partial charge in [-0.15, -0.1) is 0 Å². The van der Waals surface area contributed by atoms with Crippen LogP contribution < -0.4 is 0 Å². The predicted octanol–water partition coefficient (Wildman–Crippen LogP) is 3.55. The van der Waals surface area contributed by atoms with Crippen LogP contribution in [0.5, 0.6) is 0 Å². The molecule has 0 bridgehead atoms. The van der Waals surface area contributed by atoms with E-state index in [1.165, 1.54) is 21.3 Å². The van der Waals surface area contributed by atoms with Gasteiger partial charge < -0.3 is 0 Å². The van der Waals surface area contributed by atoms with Crippen molar-refractivity contribution in [3.63, 3.8) is 0 Å². The van der Waals surface area contributed by atoms with E-state index in [0.717, 1.165) is 0 Å². The van der Waals surface area contributed by atoms with Crippen molar-refractivity contribution in [2.24, 2.45) is 0 Å². The molecule has 11 heavy (non-hydrogen) atoms. The van der Waals surface area contributed by atoms with E-state index < -0.39 is 12.6 Å². The van der Waals surface area contributed by atoms with Crippen LogP contribution in [-0.2, 0) is 13.6 Å². The first-order valence-corrected chi connectivity index (χ1v) is 10.4. The van der Waals surface area contributed by atoms with E-state index in [1.807, 2.05) is 0 Å². The molecule has 72 valence electrons. The van der Waals surface area contributed by atoms with E-state index in [0.29, 0.717) is 0 Å². The van der Waals surface area contributed by atoms with Crippen molar-refractivity contribution in [2.45, 2.75) is 0 Å². The molecule has 0 heterocycles. The van der Waals surface area contributed by atoms with E-state index in [4.69, 9.17) is 47.3 Å². The van der Waals surface area contributed by atoms with E-state index in [-0.39, 0.29) is 0 Å². The quantitative estimate of drug-likeness (QED) is 0.726. The van der Waals surface area contributed by atoms with Crippen molar-refractivity contribution < 1.29 is 13.6 Å². The zero-order valence-corrected chi connectivity index (χ0v) is 10.6. The second-order valence-electron chi connectivity index (χ2n) is 1.67. The second-order valence-corrected chi connectivity index (χ2v) is 18.8. The van der Waals surface area contributed by atoms with Gasteiger partial charge in [0.05, 0.1) is 0 Å². The normalized spacial score (nSPS) is 16.5. The molecule has 0 saturated heterocycles. The monoisotopic (exact) mass is 262 g/mol. The van der Waals surface area contributed by atoms with Gasteiger partial charge in [-0.25, -0.2) is 0 Å². The fourth-order valence-electron chi connectivity index (χ4n) is 0.597. The molecule has 0 rings (SSSR count). The van der Waals surface area contributed by atoms with Crippen LogP contribution in [0.25, 0.3) is 0 Å². The summed E-state index contributed by atoms with van der Waals surface area (Å²) < 4.78 is 14.9. The third kappa shape index (κ3) is 2.79. The summed E-state index contributed by atoms with van der Waals surface area (Å²) in [6, 6.07) is 0. The average molecular weight is 263 g/mol. The SMILES string of the molecule is CO[PH](OC)(OC)[PH](Cl)(Cl)Cl. The third-order valence-corrected chi connectivity index (χ3v) is 13.6. The predicted molar refractivity (Wildman–Crippen MR) is 55.2 cm³/mol. The van der Waals surface area contributed by atoms with Crippen LogP contribution in [0.2, 0.25) is 0 Å². The number of rotatable bonds is 4. The van der Waals surface area contributed by atoms with Crippen molar-refractivity contribution in [3.05, 3.63) is 0 Å². The van der Waals surface area contributed by atoms with Gasteiger partial charge in [0.25, 0.3) is 0 Å². The number of hydrogen-bond acceptors (Lipinski definition) is 3. The van der Waals surface area contributed by atoms with Crippen LogP contribution in [0.1, 0.15) is 0 Å². The molecular formula is C3H11Cl3O3P2. The van der Waals surface area contributed by atoms with E-state index in [9.17, 15) is 0 Å². The Morgan fingerprint density at radius 3 is 1.09 bits per heavy atom. The van der Waals surface area contributed by atoms with Crippen molar-refractivity contribution in [1.29, 1.82) is 0 Å². The minimum atomic E-state index is -3.05. The Morgan fingerprint density at radius 1 is 0.818 bits per heavy atom. The molecule has 0 saturated carbocycles. The molecule has 0 aromatic rings. The first-order valence-electron chi connectivity index (χ1n) is 2.65. The molecule has 0 unspecified atom stereocenters. The van der Waals surface area contributed by atoms with Gasteiger partial charge in [0.15, 0.2) is 0 Å². The summed E-state index contributed by atoms with van der Waals surface area (Å²) in [6.07, 6.45) is 0. The van der Waals surface area contributed by atoms with E-state index >= 15 is 0 Å². The van der Waals surface area contributed by atoms with Gasteiger partial charge in [-0.2, -0.15) is 0 Å². The summed E-state index contributed by atoms with van der Waals surface area (Å²) in [5.74, 6) is 0. The van der Waals surface area contributed by atoms with Crippen molar-refractivity contribution in [2.75, 3.05) is 21.3 Å². The zero-order valence-electron chi connectivity index (χ0n) is 6.36. The molecule has 0 aliphatic heterocycles. The van der Waals surface area contributed by atoms with E-state index in [1.54, 1.807) is 0 Å². The van der Waals surface area contributed by atoms with Gasteiger partial charge in [-0.1, -0.05) is 0 Å².